The van der Waals surface area contributed by atoms with Crippen molar-refractivity contribution >= 4 is 34.1 Å². The summed E-state index contributed by atoms with van der Waals surface area (Å²) in [5.41, 5.74) is 9.63. The Kier molecular flexibility index (Phi) is 8.59. The average molecular weight is 627 g/mol. The molecule has 0 aliphatic rings. The van der Waals surface area contributed by atoms with Crippen LogP contribution in [0.2, 0.25) is 0 Å². The van der Waals surface area contributed by atoms with E-state index in [1.165, 1.54) is 5.56 Å². The second-order valence-electron chi connectivity index (χ2n) is 12.5. The first-order valence-corrected chi connectivity index (χ1v) is 16.4. The number of hydrogen-bond donors (Lipinski definition) is 0. The fourth-order valence-corrected chi connectivity index (χ4v) is 5.85. The van der Waals surface area contributed by atoms with E-state index in [-0.39, 0.29) is 5.41 Å². The van der Waals surface area contributed by atoms with E-state index in [0.717, 1.165) is 51.7 Å². The van der Waals surface area contributed by atoms with Crippen molar-refractivity contribution in [3.8, 4) is 22.9 Å². The Morgan fingerprint density at radius 1 is 0.438 bits per heavy atom. The Morgan fingerprint density at radius 3 is 1.10 bits per heavy atom. The Morgan fingerprint density at radius 2 is 0.750 bits per heavy atom. The van der Waals surface area contributed by atoms with Gasteiger partial charge in [-0.15, -0.1) is 10.2 Å². The molecule has 0 bridgehead atoms. The number of rotatable bonds is 10. The van der Waals surface area contributed by atoms with Crippen LogP contribution in [0.5, 0.6) is 0 Å². The van der Waals surface area contributed by atoms with Crippen molar-refractivity contribution < 1.29 is 4.42 Å². The number of anilines is 6. The van der Waals surface area contributed by atoms with Crippen LogP contribution in [0.25, 0.3) is 22.9 Å². The molecule has 1 heterocycles. The van der Waals surface area contributed by atoms with Gasteiger partial charge >= 0.3 is 0 Å². The van der Waals surface area contributed by atoms with Gasteiger partial charge in [0.1, 0.15) is 0 Å². The van der Waals surface area contributed by atoms with Crippen LogP contribution in [0.4, 0.5) is 34.1 Å². The Labute approximate surface area is 282 Å². The lowest BCUT2D eigenvalue weighted by Crippen LogP contribution is -2.14. The van der Waals surface area contributed by atoms with Crippen LogP contribution in [0.15, 0.2) is 168 Å². The number of aromatic nitrogens is 2. The largest absolute Gasteiger partial charge is 0.416 e. The van der Waals surface area contributed by atoms with Crippen LogP contribution in [0.1, 0.15) is 32.8 Å². The van der Waals surface area contributed by atoms with E-state index in [1.54, 1.807) is 0 Å². The summed E-state index contributed by atoms with van der Waals surface area (Å²) in [5, 5.41) is 8.74. The zero-order valence-electron chi connectivity index (χ0n) is 27.5. The summed E-state index contributed by atoms with van der Waals surface area (Å²) in [6.07, 6.45) is 1.07. The molecule has 0 spiro atoms. The van der Waals surface area contributed by atoms with E-state index >= 15 is 0 Å². The molecule has 0 aliphatic carbocycles. The Balaban J connectivity index is 1.18. The van der Waals surface area contributed by atoms with Gasteiger partial charge in [0.15, 0.2) is 0 Å². The van der Waals surface area contributed by atoms with E-state index in [1.807, 2.05) is 30.3 Å². The van der Waals surface area contributed by atoms with E-state index < -0.39 is 0 Å². The maximum Gasteiger partial charge on any atom is 0.248 e. The highest BCUT2D eigenvalue weighted by Crippen LogP contribution is 2.39. The molecule has 0 radical (unpaired) electrons. The number of benzene rings is 6. The van der Waals surface area contributed by atoms with Gasteiger partial charge < -0.3 is 14.2 Å². The molecule has 0 aliphatic heterocycles. The third kappa shape index (κ3) is 6.36. The summed E-state index contributed by atoms with van der Waals surface area (Å²) < 4.78 is 6.15. The molecule has 5 nitrogen and oxygen atoms in total. The third-order valence-corrected chi connectivity index (χ3v) is 9.00. The van der Waals surface area contributed by atoms with Gasteiger partial charge in [-0.2, -0.15) is 0 Å². The molecule has 0 saturated carbocycles. The number of nitrogens with zero attached hydrogens (tertiary/aromatic N) is 4. The van der Waals surface area contributed by atoms with Crippen molar-refractivity contribution in [3.05, 3.63) is 169 Å². The molecule has 0 unspecified atom stereocenters. The minimum atomic E-state index is 0.126. The van der Waals surface area contributed by atoms with Crippen LogP contribution < -0.4 is 9.80 Å². The first-order valence-electron chi connectivity index (χ1n) is 16.4. The lowest BCUT2D eigenvalue weighted by atomic mass is 9.82. The second kappa shape index (κ2) is 13.4. The van der Waals surface area contributed by atoms with Gasteiger partial charge in [0, 0.05) is 45.3 Å². The summed E-state index contributed by atoms with van der Waals surface area (Å²) >= 11 is 0. The number of para-hydroxylation sites is 3. The van der Waals surface area contributed by atoms with Gasteiger partial charge in [-0.3, -0.25) is 0 Å². The van der Waals surface area contributed by atoms with Crippen molar-refractivity contribution in [2.45, 2.75) is 32.6 Å². The lowest BCUT2D eigenvalue weighted by Gasteiger charge is -2.28. The molecule has 7 aromatic rings. The molecule has 6 aromatic carbocycles. The van der Waals surface area contributed by atoms with Gasteiger partial charge in [0.05, 0.1) is 0 Å². The zero-order chi connectivity index (χ0) is 32.9. The topological polar surface area (TPSA) is 45.4 Å². The van der Waals surface area contributed by atoms with Crippen LogP contribution >= 0.6 is 0 Å². The van der Waals surface area contributed by atoms with E-state index in [9.17, 15) is 0 Å². The maximum absolute atomic E-state index is 6.15. The lowest BCUT2D eigenvalue weighted by molar-refractivity contribution is 0.506. The SMILES string of the molecule is CCC(C)(C)c1ccc(-c2nnc(-c3ccc(N(c4ccccc4)c4ccc(N(c5ccccc5)c5ccccc5)cc4)cc3)o2)cc1. The van der Waals surface area contributed by atoms with Gasteiger partial charge in [-0.25, -0.2) is 0 Å². The predicted octanol–water partition coefficient (Wildman–Crippen LogP) is 12.0. The summed E-state index contributed by atoms with van der Waals surface area (Å²) in [6.45, 7) is 6.73. The van der Waals surface area contributed by atoms with Crippen LogP contribution in [0.3, 0.4) is 0 Å². The van der Waals surface area contributed by atoms with Gasteiger partial charge in [-0.1, -0.05) is 87.5 Å². The van der Waals surface area contributed by atoms with Crippen LogP contribution in [0, 0.1) is 0 Å². The van der Waals surface area contributed by atoms with Crippen molar-refractivity contribution in [2.75, 3.05) is 9.80 Å². The molecule has 0 N–H and O–H groups in total. The van der Waals surface area contributed by atoms with Gasteiger partial charge in [0.25, 0.3) is 0 Å². The molecule has 0 saturated heterocycles. The predicted molar refractivity (Wildman–Crippen MR) is 198 cm³/mol. The molecule has 5 heteroatoms. The highest BCUT2D eigenvalue weighted by Gasteiger charge is 2.19. The van der Waals surface area contributed by atoms with Crippen LogP contribution in [-0.4, -0.2) is 10.2 Å². The van der Waals surface area contributed by atoms with E-state index in [0.29, 0.717) is 11.8 Å². The molecular formula is C43H38N4O. The van der Waals surface area contributed by atoms with E-state index in [4.69, 9.17) is 4.42 Å². The maximum atomic E-state index is 6.15. The van der Waals surface area contributed by atoms with Gasteiger partial charge in [0.2, 0.25) is 11.8 Å². The molecule has 0 fully saturated rings. The van der Waals surface area contributed by atoms with Crippen molar-refractivity contribution in [3.63, 3.8) is 0 Å². The molecule has 7 rings (SSSR count). The molecule has 1 aromatic heterocycles. The van der Waals surface area contributed by atoms with Crippen molar-refractivity contribution in [2.24, 2.45) is 0 Å². The minimum absolute atomic E-state index is 0.126. The van der Waals surface area contributed by atoms with Crippen molar-refractivity contribution in [1.82, 2.24) is 10.2 Å². The van der Waals surface area contributed by atoms with E-state index in [2.05, 4.69) is 174 Å². The normalized spacial score (nSPS) is 11.3. The molecular weight excluding hydrogens is 589 g/mol. The standard InChI is InChI=1S/C43H38N4O/c1-4-43(2,3)34-24-20-32(21-25-34)41-44-45-42(48-41)33-22-26-38(27-23-33)47(37-18-12-7-13-19-37)40-30-28-39(29-31-40)46(35-14-8-5-9-15-35)36-16-10-6-11-17-36/h5-31H,4H2,1-3H3. The fraction of sp³-hybridized carbons (Fsp3) is 0.116. The van der Waals surface area contributed by atoms with Gasteiger partial charge in [-0.05, 0) is 114 Å². The van der Waals surface area contributed by atoms with Crippen LogP contribution in [-0.2, 0) is 5.41 Å². The number of hydrogen-bond acceptors (Lipinski definition) is 5. The third-order valence-electron chi connectivity index (χ3n) is 9.00. The zero-order valence-corrected chi connectivity index (χ0v) is 27.5. The second-order valence-corrected chi connectivity index (χ2v) is 12.5. The van der Waals surface area contributed by atoms with Crippen molar-refractivity contribution in [1.29, 1.82) is 0 Å². The Hall–Kier alpha value is -5.94. The summed E-state index contributed by atoms with van der Waals surface area (Å²) in [7, 11) is 0. The first kappa shape index (κ1) is 30.7. The molecule has 0 atom stereocenters. The monoisotopic (exact) mass is 626 g/mol. The minimum Gasteiger partial charge on any atom is -0.416 e. The average Bonchev–Trinajstić information content (AvgIpc) is 3.65. The first-order chi connectivity index (χ1) is 23.5. The molecule has 48 heavy (non-hydrogen) atoms. The quantitative estimate of drug-likeness (QED) is 0.151. The highest BCUT2D eigenvalue weighted by atomic mass is 16.4. The molecule has 0 amide bonds. The highest BCUT2D eigenvalue weighted by molar-refractivity contribution is 5.81. The summed E-state index contributed by atoms with van der Waals surface area (Å²) in [4.78, 5) is 4.52. The smallest absolute Gasteiger partial charge is 0.248 e. The summed E-state index contributed by atoms with van der Waals surface area (Å²) in [5.74, 6) is 1.01. The summed E-state index contributed by atoms with van der Waals surface area (Å²) in [6, 6.07) is 56.7. The molecule has 236 valence electrons. The Bertz CT molecular complexity index is 2010. The fourth-order valence-electron chi connectivity index (χ4n) is 5.85.